The van der Waals surface area contributed by atoms with Gasteiger partial charge in [0.05, 0.1) is 7.11 Å². The number of methoxy groups -OCH3 is 1. The maximum Gasteiger partial charge on any atom is 0.119 e. The summed E-state index contributed by atoms with van der Waals surface area (Å²) in [4.78, 5) is 2.21. The fourth-order valence-corrected chi connectivity index (χ4v) is 1.88. The van der Waals surface area contributed by atoms with Crippen molar-refractivity contribution >= 4 is 0 Å². The Balaban J connectivity index is 2.73. The summed E-state index contributed by atoms with van der Waals surface area (Å²) in [6.45, 7) is 4.20. The molecule has 1 aromatic carbocycles. The van der Waals surface area contributed by atoms with Gasteiger partial charge in [-0.3, -0.25) is 0 Å². The van der Waals surface area contributed by atoms with Crippen LogP contribution in [0.5, 0.6) is 5.75 Å². The normalized spacial score (nSPS) is 12.8. The van der Waals surface area contributed by atoms with E-state index in [1.165, 1.54) is 5.56 Å². The Kier molecular flexibility index (Phi) is 6.01. The van der Waals surface area contributed by atoms with E-state index in [1.807, 2.05) is 12.1 Å². The van der Waals surface area contributed by atoms with Gasteiger partial charge in [0, 0.05) is 6.04 Å². The summed E-state index contributed by atoms with van der Waals surface area (Å²) in [6.07, 6.45) is 1.11. The van der Waals surface area contributed by atoms with Crippen molar-refractivity contribution in [1.29, 1.82) is 0 Å². The summed E-state index contributed by atoms with van der Waals surface area (Å²) >= 11 is 0. The lowest BCUT2D eigenvalue weighted by Crippen LogP contribution is -2.25. The molecule has 1 atom stereocenters. The highest BCUT2D eigenvalue weighted by atomic mass is 16.5. The topological polar surface area (TPSA) is 24.5 Å². The minimum Gasteiger partial charge on any atom is -0.497 e. The summed E-state index contributed by atoms with van der Waals surface area (Å²) in [7, 11) is 5.92. The second kappa shape index (κ2) is 7.30. The van der Waals surface area contributed by atoms with Gasteiger partial charge >= 0.3 is 0 Å². The van der Waals surface area contributed by atoms with E-state index in [-0.39, 0.29) is 0 Å². The van der Waals surface area contributed by atoms with Crippen LogP contribution < -0.4 is 10.1 Å². The third kappa shape index (κ3) is 4.75. The lowest BCUT2D eigenvalue weighted by atomic mass is 10.0. The molecule has 0 aliphatic heterocycles. The molecule has 1 aromatic rings. The van der Waals surface area contributed by atoms with Gasteiger partial charge in [0.2, 0.25) is 0 Å². The summed E-state index contributed by atoms with van der Waals surface area (Å²) in [5.41, 5.74) is 1.30. The van der Waals surface area contributed by atoms with Crippen LogP contribution in [-0.2, 0) is 0 Å². The molecule has 0 bridgehead atoms. The molecule has 0 aliphatic rings. The van der Waals surface area contributed by atoms with E-state index in [2.05, 4.69) is 43.4 Å². The van der Waals surface area contributed by atoms with Crippen LogP contribution in [0.2, 0.25) is 0 Å². The minimum absolute atomic E-state index is 0.400. The molecule has 96 valence electrons. The van der Waals surface area contributed by atoms with E-state index in [1.54, 1.807) is 7.11 Å². The average Bonchev–Trinajstić information content (AvgIpc) is 2.34. The first-order chi connectivity index (χ1) is 8.17. The van der Waals surface area contributed by atoms with Gasteiger partial charge < -0.3 is 15.0 Å². The lowest BCUT2D eigenvalue weighted by molar-refractivity contribution is 0.362. The van der Waals surface area contributed by atoms with Crippen molar-refractivity contribution in [1.82, 2.24) is 10.2 Å². The Labute approximate surface area is 105 Å². The van der Waals surface area contributed by atoms with Crippen LogP contribution in [0.25, 0.3) is 0 Å². The predicted molar refractivity (Wildman–Crippen MR) is 72.6 cm³/mol. The Morgan fingerprint density at radius 1 is 1.35 bits per heavy atom. The smallest absolute Gasteiger partial charge is 0.119 e. The van der Waals surface area contributed by atoms with Crippen LogP contribution >= 0.6 is 0 Å². The van der Waals surface area contributed by atoms with E-state index in [0.29, 0.717) is 6.04 Å². The Morgan fingerprint density at radius 2 is 2.12 bits per heavy atom. The molecule has 0 saturated heterocycles. The van der Waals surface area contributed by atoms with Crippen molar-refractivity contribution in [2.75, 3.05) is 34.3 Å². The van der Waals surface area contributed by atoms with Crippen molar-refractivity contribution in [3.8, 4) is 5.75 Å². The monoisotopic (exact) mass is 236 g/mol. The zero-order chi connectivity index (χ0) is 12.7. The molecule has 0 heterocycles. The Morgan fingerprint density at radius 3 is 2.71 bits per heavy atom. The number of nitrogens with one attached hydrogen (secondary N) is 1. The van der Waals surface area contributed by atoms with Crippen molar-refractivity contribution in [3.05, 3.63) is 29.8 Å². The molecule has 0 aromatic heterocycles. The number of hydrogen-bond donors (Lipinski definition) is 1. The molecule has 3 nitrogen and oxygen atoms in total. The van der Waals surface area contributed by atoms with Crippen molar-refractivity contribution in [2.24, 2.45) is 0 Å². The molecule has 17 heavy (non-hydrogen) atoms. The standard InChI is InChI=1S/C14H24N2O/c1-5-15-14(9-10-16(2)3)12-7-6-8-13(11-12)17-4/h6-8,11,14-15H,5,9-10H2,1-4H3. The predicted octanol–water partition coefficient (Wildman–Crippen LogP) is 2.30. The molecule has 0 radical (unpaired) electrons. The SMILES string of the molecule is CCNC(CCN(C)C)c1cccc(OC)c1. The van der Waals surface area contributed by atoms with Gasteiger partial charge in [-0.15, -0.1) is 0 Å². The van der Waals surface area contributed by atoms with Crippen LogP contribution in [0, 0.1) is 0 Å². The third-order valence-electron chi connectivity index (χ3n) is 2.81. The second-order valence-electron chi connectivity index (χ2n) is 4.48. The maximum atomic E-state index is 5.27. The second-order valence-corrected chi connectivity index (χ2v) is 4.48. The Hall–Kier alpha value is -1.06. The number of ether oxygens (including phenoxy) is 1. The molecule has 3 heteroatoms. The molecule has 0 fully saturated rings. The number of hydrogen-bond acceptors (Lipinski definition) is 3. The van der Waals surface area contributed by atoms with Crippen molar-refractivity contribution in [3.63, 3.8) is 0 Å². The van der Waals surface area contributed by atoms with E-state index in [0.717, 1.165) is 25.3 Å². The van der Waals surface area contributed by atoms with Crippen LogP contribution in [0.3, 0.4) is 0 Å². The van der Waals surface area contributed by atoms with Gasteiger partial charge in [-0.25, -0.2) is 0 Å². The molecule has 0 spiro atoms. The van der Waals surface area contributed by atoms with E-state index < -0.39 is 0 Å². The number of benzene rings is 1. The van der Waals surface area contributed by atoms with Gasteiger partial charge in [0.1, 0.15) is 5.75 Å². The summed E-state index contributed by atoms with van der Waals surface area (Å²) < 4.78 is 5.27. The zero-order valence-electron chi connectivity index (χ0n) is 11.4. The fraction of sp³-hybridized carbons (Fsp3) is 0.571. The highest BCUT2D eigenvalue weighted by Gasteiger charge is 2.11. The van der Waals surface area contributed by atoms with Gasteiger partial charge in [-0.05, 0) is 51.3 Å². The first-order valence-corrected chi connectivity index (χ1v) is 6.19. The Bertz CT molecular complexity index is 326. The van der Waals surface area contributed by atoms with Crippen LogP contribution in [0.15, 0.2) is 24.3 Å². The van der Waals surface area contributed by atoms with Gasteiger partial charge in [0.25, 0.3) is 0 Å². The first kappa shape index (κ1) is 14.0. The first-order valence-electron chi connectivity index (χ1n) is 6.19. The molecular weight excluding hydrogens is 212 g/mol. The van der Waals surface area contributed by atoms with Crippen molar-refractivity contribution in [2.45, 2.75) is 19.4 Å². The van der Waals surface area contributed by atoms with Crippen molar-refractivity contribution < 1.29 is 4.74 Å². The fourth-order valence-electron chi connectivity index (χ4n) is 1.88. The minimum atomic E-state index is 0.400. The van der Waals surface area contributed by atoms with Gasteiger partial charge in [-0.1, -0.05) is 19.1 Å². The van der Waals surface area contributed by atoms with E-state index >= 15 is 0 Å². The number of nitrogens with zero attached hydrogens (tertiary/aromatic N) is 1. The molecule has 1 rings (SSSR count). The van der Waals surface area contributed by atoms with Gasteiger partial charge in [0.15, 0.2) is 0 Å². The van der Waals surface area contributed by atoms with Crippen LogP contribution in [0.4, 0.5) is 0 Å². The largest absolute Gasteiger partial charge is 0.497 e. The zero-order valence-corrected chi connectivity index (χ0v) is 11.4. The van der Waals surface area contributed by atoms with Crippen LogP contribution in [-0.4, -0.2) is 39.2 Å². The number of rotatable bonds is 7. The summed E-state index contributed by atoms with van der Waals surface area (Å²) in [5, 5.41) is 3.52. The lowest BCUT2D eigenvalue weighted by Gasteiger charge is -2.21. The van der Waals surface area contributed by atoms with E-state index in [4.69, 9.17) is 4.74 Å². The quantitative estimate of drug-likeness (QED) is 0.786. The molecule has 0 saturated carbocycles. The van der Waals surface area contributed by atoms with Crippen LogP contribution in [0.1, 0.15) is 24.9 Å². The summed E-state index contributed by atoms with van der Waals surface area (Å²) in [6, 6.07) is 8.71. The molecule has 1 N–H and O–H groups in total. The highest BCUT2D eigenvalue weighted by molar-refractivity contribution is 5.30. The molecule has 0 amide bonds. The molecule has 0 aliphatic carbocycles. The molecular formula is C14H24N2O. The van der Waals surface area contributed by atoms with Gasteiger partial charge in [-0.2, -0.15) is 0 Å². The average molecular weight is 236 g/mol. The highest BCUT2D eigenvalue weighted by Crippen LogP contribution is 2.21. The van der Waals surface area contributed by atoms with E-state index in [9.17, 15) is 0 Å². The summed E-state index contributed by atoms with van der Waals surface area (Å²) in [5.74, 6) is 0.926. The molecule has 1 unspecified atom stereocenters. The maximum absolute atomic E-state index is 5.27. The third-order valence-corrected chi connectivity index (χ3v) is 2.81.